The molecule has 27 heavy (non-hydrogen) atoms. The van der Waals surface area contributed by atoms with Crippen LogP contribution >= 0.6 is 11.8 Å². The first kappa shape index (κ1) is 18.9. The maximum atomic E-state index is 12.9. The van der Waals surface area contributed by atoms with Crippen LogP contribution in [-0.4, -0.2) is 38.4 Å². The zero-order chi connectivity index (χ0) is 19.6. The minimum absolute atomic E-state index is 0.0918. The highest BCUT2D eigenvalue weighted by Crippen LogP contribution is 2.43. The van der Waals surface area contributed by atoms with E-state index in [1.807, 2.05) is 18.2 Å². The van der Waals surface area contributed by atoms with Gasteiger partial charge in [0.2, 0.25) is 17.6 Å². The molecule has 0 aromatic heterocycles. The molecule has 2 amide bonds. The number of carbonyl (C=O) groups is 2. The van der Waals surface area contributed by atoms with E-state index in [-0.39, 0.29) is 18.2 Å². The van der Waals surface area contributed by atoms with Crippen LogP contribution in [0.2, 0.25) is 0 Å². The van der Waals surface area contributed by atoms with Crippen LogP contribution in [0.5, 0.6) is 17.2 Å². The van der Waals surface area contributed by atoms with E-state index in [4.69, 9.17) is 19.9 Å². The molecule has 0 aliphatic carbocycles. The quantitative estimate of drug-likeness (QED) is 0.601. The van der Waals surface area contributed by atoms with Crippen molar-refractivity contribution in [3.8, 4) is 17.2 Å². The molecule has 1 fully saturated rings. The maximum Gasteiger partial charge on any atom is 0.247 e. The number of thioether (sulfide) groups is 1. The van der Waals surface area contributed by atoms with Gasteiger partial charge in [0.25, 0.3) is 0 Å². The van der Waals surface area contributed by atoms with Gasteiger partial charge in [0.05, 0.1) is 32.3 Å². The minimum Gasteiger partial charge on any atom is -0.493 e. The predicted molar refractivity (Wildman–Crippen MR) is 104 cm³/mol. The number of hydrogen-bond acceptors (Lipinski definition) is 7. The van der Waals surface area contributed by atoms with E-state index in [1.54, 1.807) is 18.2 Å². The van der Waals surface area contributed by atoms with Crippen molar-refractivity contribution in [2.45, 2.75) is 16.6 Å². The normalized spacial score (nSPS) is 16.6. The number of benzene rings is 2. The highest BCUT2D eigenvalue weighted by atomic mass is 32.2. The van der Waals surface area contributed by atoms with Crippen molar-refractivity contribution in [1.29, 1.82) is 0 Å². The summed E-state index contributed by atoms with van der Waals surface area (Å²) in [4.78, 5) is 27.4. The molecule has 0 spiro atoms. The summed E-state index contributed by atoms with van der Waals surface area (Å²) < 4.78 is 15.9. The van der Waals surface area contributed by atoms with Gasteiger partial charge in [-0.15, -0.1) is 11.8 Å². The van der Waals surface area contributed by atoms with E-state index < -0.39 is 5.25 Å². The number of hydrogen-bond donors (Lipinski definition) is 1. The molecule has 1 heterocycles. The maximum absolute atomic E-state index is 12.9. The Hall–Kier alpha value is -2.87. The fraction of sp³-hybridized carbons (Fsp3) is 0.263. The van der Waals surface area contributed by atoms with Crippen molar-refractivity contribution >= 4 is 35.0 Å². The Labute approximate surface area is 161 Å². The van der Waals surface area contributed by atoms with Crippen molar-refractivity contribution in [2.24, 2.45) is 0 Å². The summed E-state index contributed by atoms with van der Waals surface area (Å²) >= 11 is 1.29. The molecule has 0 radical (unpaired) electrons. The van der Waals surface area contributed by atoms with Gasteiger partial charge in [-0.3, -0.25) is 9.59 Å². The van der Waals surface area contributed by atoms with E-state index in [2.05, 4.69) is 0 Å². The Morgan fingerprint density at radius 3 is 2.22 bits per heavy atom. The number of nitrogen functional groups attached to an aromatic ring is 1. The van der Waals surface area contributed by atoms with Crippen molar-refractivity contribution in [2.75, 3.05) is 32.0 Å². The first-order chi connectivity index (χ1) is 13.0. The molecule has 2 aromatic rings. The number of para-hydroxylation sites is 1. The van der Waals surface area contributed by atoms with Gasteiger partial charge in [-0.05, 0) is 12.1 Å². The predicted octanol–water partition coefficient (Wildman–Crippen LogP) is 2.72. The summed E-state index contributed by atoms with van der Waals surface area (Å²) in [6, 6.07) is 10.4. The topological polar surface area (TPSA) is 91.1 Å². The zero-order valence-electron chi connectivity index (χ0n) is 15.2. The van der Waals surface area contributed by atoms with Crippen molar-refractivity contribution < 1.29 is 23.8 Å². The molecule has 1 aliphatic heterocycles. The van der Waals surface area contributed by atoms with Gasteiger partial charge in [-0.2, -0.15) is 0 Å². The minimum atomic E-state index is -0.540. The summed E-state index contributed by atoms with van der Waals surface area (Å²) in [6.45, 7) is 0. The average Bonchev–Trinajstić information content (AvgIpc) is 2.95. The fourth-order valence-electron chi connectivity index (χ4n) is 2.90. The molecular formula is C19H20N2O5S. The average molecular weight is 388 g/mol. The number of rotatable bonds is 6. The van der Waals surface area contributed by atoms with E-state index in [0.717, 1.165) is 9.80 Å². The van der Waals surface area contributed by atoms with Crippen molar-refractivity contribution in [3.05, 3.63) is 36.4 Å². The van der Waals surface area contributed by atoms with Crippen LogP contribution in [0, 0.1) is 0 Å². The molecule has 1 aliphatic rings. The van der Waals surface area contributed by atoms with E-state index in [1.165, 1.54) is 33.1 Å². The second-order valence-corrected chi connectivity index (χ2v) is 7.04. The lowest BCUT2D eigenvalue weighted by atomic mass is 10.2. The third kappa shape index (κ3) is 3.52. The third-order valence-electron chi connectivity index (χ3n) is 4.20. The Bertz CT molecular complexity index is 861. The highest BCUT2D eigenvalue weighted by Gasteiger charge is 2.41. The summed E-state index contributed by atoms with van der Waals surface area (Å²) in [5.74, 6) is 0.543. The number of carbonyl (C=O) groups excluding carboxylic acids is 2. The van der Waals surface area contributed by atoms with E-state index >= 15 is 0 Å². The first-order valence-electron chi connectivity index (χ1n) is 8.18. The van der Waals surface area contributed by atoms with Crippen molar-refractivity contribution in [3.63, 3.8) is 0 Å². The lowest BCUT2D eigenvalue weighted by Crippen LogP contribution is -2.31. The second kappa shape index (κ2) is 7.79. The molecule has 1 atom stereocenters. The zero-order valence-corrected chi connectivity index (χ0v) is 16.0. The number of ether oxygens (including phenoxy) is 3. The number of methoxy groups -OCH3 is 3. The number of nitrogens with two attached hydrogens (primary N) is 1. The van der Waals surface area contributed by atoms with E-state index in [9.17, 15) is 9.59 Å². The van der Waals surface area contributed by atoms with Gasteiger partial charge >= 0.3 is 0 Å². The van der Waals surface area contributed by atoms with Crippen LogP contribution in [0.3, 0.4) is 0 Å². The molecular weight excluding hydrogens is 368 g/mol. The Balaban J connectivity index is 1.92. The van der Waals surface area contributed by atoms with Crippen LogP contribution < -0.4 is 24.8 Å². The molecule has 142 valence electrons. The number of anilines is 2. The largest absolute Gasteiger partial charge is 0.493 e. The molecule has 3 rings (SSSR count). The monoisotopic (exact) mass is 388 g/mol. The number of imide groups is 1. The number of nitrogens with zero attached hydrogens (tertiary/aromatic N) is 1. The molecule has 8 heteroatoms. The lowest BCUT2D eigenvalue weighted by molar-refractivity contribution is -0.121. The van der Waals surface area contributed by atoms with Crippen LogP contribution in [0.15, 0.2) is 41.3 Å². The highest BCUT2D eigenvalue weighted by molar-refractivity contribution is 8.00. The van der Waals surface area contributed by atoms with E-state index in [0.29, 0.717) is 28.6 Å². The SMILES string of the molecule is COc1cc(N2C(=O)C[C@@H](Sc3ccccc3N)C2=O)cc(OC)c1OC. The standard InChI is InChI=1S/C19H20N2O5S/c1-24-13-8-11(9-14(25-2)18(13)26-3)21-17(22)10-16(19(21)23)27-15-7-5-4-6-12(15)20/h4-9,16H,10,20H2,1-3H3/t16-/m1/s1. The Kier molecular flexibility index (Phi) is 5.46. The summed E-state index contributed by atoms with van der Waals surface area (Å²) in [7, 11) is 4.44. The molecule has 2 N–H and O–H groups in total. The smallest absolute Gasteiger partial charge is 0.247 e. The van der Waals surface area contributed by atoms with Crippen LogP contribution in [0.1, 0.15) is 6.42 Å². The summed E-state index contributed by atoms with van der Waals surface area (Å²) in [6.07, 6.45) is 0.0918. The summed E-state index contributed by atoms with van der Waals surface area (Å²) in [5.41, 5.74) is 6.91. The van der Waals surface area contributed by atoms with Gasteiger partial charge < -0.3 is 19.9 Å². The van der Waals surface area contributed by atoms with Gasteiger partial charge in [0, 0.05) is 29.1 Å². The van der Waals surface area contributed by atoms with Crippen LogP contribution in [0.25, 0.3) is 0 Å². The lowest BCUT2D eigenvalue weighted by Gasteiger charge is -2.19. The van der Waals surface area contributed by atoms with Crippen LogP contribution in [-0.2, 0) is 9.59 Å². The summed E-state index contributed by atoms with van der Waals surface area (Å²) in [5, 5.41) is -0.540. The molecule has 0 saturated carbocycles. The molecule has 0 unspecified atom stereocenters. The molecule has 1 saturated heterocycles. The van der Waals surface area contributed by atoms with Gasteiger partial charge in [0.1, 0.15) is 0 Å². The molecule has 0 bridgehead atoms. The Morgan fingerprint density at radius 1 is 1.04 bits per heavy atom. The van der Waals surface area contributed by atoms with Gasteiger partial charge in [0.15, 0.2) is 11.5 Å². The second-order valence-electron chi connectivity index (χ2n) is 5.80. The van der Waals surface area contributed by atoms with Gasteiger partial charge in [-0.25, -0.2) is 4.90 Å². The molecule has 2 aromatic carbocycles. The van der Waals surface area contributed by atoms with Crippen LogP contribution in [0.4, 0.5) is 11.4 Å². The third-order valence-corrected chi connectivity index (χ3v) is 5.48. The van der Waals surface area contributed by atoms with Gasteiger partial charge in [-0.1, -0.05) is 12.1 Å². The number of amides is 2. The Morgan fingerprint density at radius 2 is 1.67 bits per heavy atom. The van der Waals surface area contributed by atoms with Crippen molar-refractivity contribution in [1.82, 2.24) is 0 Å². The fourth-order valence-corrected chi connectivity index (χ4v) is 4.00. The molecule has 7 nitrogen and oxygen atoms in total. The first-order valence-corrected chi connectivity index (χ1v) is 9.06.